The summed E-state index contributed by atoms with van der Waals surface area (Å²) in [7, 11) is 1.05. The first kappa shape index (κ1) is 45.2. The second-order valence-electron chi connectivity index (χ2n) is 14.9. The molecular formula is C47H47N5O10S. The van der Waals surface area contributed by atoms with E-state index in [-0.39, 0.29) is 25.7 Å². The van der Waals surface area contributed by atoms with Gasteiger partial charge in [0.1, 0.15) is 36.0 Å². The zero-order valence-electron chi connectivity index (χ0n) is 34.3. The Morgan fingerprint density at radius 3 is 1.86 bits per heavy atom. The van der Waals surface area contributed by atoms with Crippen LogP contribution in [0.3, 0.4) is 0 Å². The van der Waals surface area contributed by atoms with Crippen molar-refractivity contribution < 1.29 is 48.1 Å². The molecule has 0 spiro atoms. The van der Waals surface area contributed by atoms with Gasteiger partial charge in [-0.25, -0.2) is 4.79 Å². The maximum absolute atomic E-state index is 14.6. The van der Waals surface area contributed by atoms with E-state index in [2.05, 4.69) is 26.6 Å². The predicted octanol–water partition coefficient (Wildman–Crippen LogP) is 3.15. The second kappa shape index (κ2) is 22.0. The highest BCUT2D eigenvalue weighted by atomic mass is 32.1. The van der Waals surface area contributed by atoms with Crippen LogP contribution in [-0.2, 0) is 64.0 Å². The Kier molecular flexibility index (Phi) is 15.8. The summed E-state index contributed by atoms with van der Waals surface area (Å²) in [5, 5.41) is 24.8. The van der Waals surface area contributed by atoms with Crippen LogP contribution in [0.25, 0.3) is 11.1 Å². The summed E-state index contributed by atoms with van der Waals surface area (Å²) in [5.41, 5.74) is 3.79. The van der Waals surface area contributed by atoms with E-state index in [4.69, 9.17) is 9.47 Å². The number of aliphatic carboxylic acids is 1. The third kappa shape index (κ3) is 13.3. The number of ether oxygens (including phenoxy) is 2. The van der Waals surface area contributed by atoms with Crippen LogP contribution in [0.5, 0.6) is 5.75 Å². The third-order valence-corrected chi connectivity index (χ3v) is 11.1. The molecule has 7 rings (SSSR count). The largest absolute Gasteiger partial charge is 0.484 e. The highest BCUT2D eigenvalue weighted by Crippen LogP contribution is 2.21. The molecule has 0 saturated carbocycles. The van der Waals surface area contributed by atoms with Crippen LogP contribution in [-0.4, -0.2) is 90.5 Å². The van der Waals surface area contributed by atoms with Crippen molar-refractivity contribution in [1.82, 2.24) is 26.6 Å². The molecule has 0 saturated heterocycles. The van der Waals surface area contributed by atoms with Gasteiger partial charge in [-0.1, -0.05) is 103 Å². The summed E-state index contributed by atoms with van der Waals surface area (Å²) >= 11 is 1.40. The molecule has 16 heteroatoms. The lowest BCUT2D eigenvalue weighted by Gasteiger charge is -2.27. The molecule has 63 heavy (non-hydrogen) atoms. The van der Waals surface area contributed by atoms with E-state index in [0.717, 1.165) is 23.1 Å². The molecule has 15 nitrogen and oxygen atoms in total. The molecular weight excluding hydrogens is 827 g/mol. The van der Waals surface area contributed by atoms with Crippen molar-refractivity contribution in [2.75, 3.05) is 13.7 Å². The number of carboxylic acids is 1. The van der Waals surface area contributed by atoms with Crippen molar-refractivity contribution in [3.63, 3.8) is 0 Å². The van der Waals surface area contributed by atoms with Gasteiger partial charge in [-0.15, -0.1) is 11.3 Å². The van der Waals surface area contributed by atoms with Crippen LogP contribution in [0.1, 0.15) is 28.0 Å². The SMILES string of the molecule is COC(=O)[C@H](CC(=O)O)NC(=O)[C@@H]1Cc2ccc(cc2)OCC(=O)N[C@@H](Cc2cccs2)C(=O)N[C@@H](Cc2ccc(-c3ccccc3)cc2)C(=O)N[C@@H](Cc2ccccc2)C(=O)N1. The molecule has 4 aromatic carbocycles. The maximum Gasteiger partial charge on any atom is 0.328 e. The molecule has 2 aliphatic rings. The van der Waals surface area contributed by atoms with Gasteiger partial charge in [0.05, 0.1) is 13.5 Å². The van der Waals surface area contributed by atoms with Gasteiger partial charge in [-0.05, 0) is 51.4 Å². The van der Waals surface area contributed by atoms with Crippen LogP contribution in [0, 0.1) is 0 Å². The van der Waals surface area contributed by atoms with Crippen LogP contribution in [0.2, 0.25) is 0 Å². The average molecular weight is 874 g/mol. The number of carbonyl (C=O) groups is 7. The number of benzene rings is 4. The average Bonchev–Trinajstić information content (AvgIpc) is 3.81. The molecule has 0 aliphatic carbocycles. The number of carboxylic acid groups (broad SMARTS) is 1. The van der Waals surface area contributed by atoms with Crippen molar-refractivity contribution in [3.05, 3.63) is 148 Å². The number of hydrogen-bond donors (Lipinski definition) is 6. The van der Waals surface area contributed by atoms with Gasteiger partial charge in [0, 0.05) is 30.6 Å². The first-order chi connectivity index (χ1) is 30.4. The van der Waals surface area contributed by atoms with E-state index in [1.165, 1.54) is 11.3 Å². The molecule has 326 valence electrons. The molecule has 0 unspecified atom stereocenters. The summed E-state index contributed by atoms with van der Waals surface area (Å²) in [6.07, 6.45) is -0.858. The van der Waals surface area contributed by atoms with Gasteiger partial charge in [0.2, 0.25) is 23.6 Å². The molecule has 3 heterocycles. The first-order valence-corrected chi connectivity index (χ1v) is 21.0. The standard InChI is InChI=1S/C47H47N5O10S/c1-61-47(60)40(27-42(54)55)52-45(58)38-25-31-16-20-34(21-17-31)62-28-41(53)48-39(26-35-13-8-22-63-35)46(59)51-37(24-30-14-18-33(19-15-30)32-11-6-3-7-12-32)44(57)49-36(43(56)50-38)23-29-9-4-2-5-10-29/h2-22,36-40H,23-28H2,1H3,(H,48,53)(H,49,57)(H,50,56)(H,51,59)(H,52,58)(H,54,55)/t36-,37-,38-,39-,40-/m0/s1. The smallest absolute Gasteiger partial charge is 0.328 e. The van der Waals surface area contributed by atoms with E-state index in [1.807, 2.05) is 72.1 Å². The minimum Gasteiger partial charge on any atom is -0.484 e. The van der Waals surface area contributed by atoms with Crippen LogP contribution >= 0.6 is 11.3 Å². The molecule has 5 amide bonds. The van der Waals surface area contributed by atoms with E-state index in [1.54, 1.807) is 54.6 Å². The second-order valence-corrected chi connectivity index (χ2v) is 15.9. The molecule has 6 N–H and O–H groups in total. The van der Waals surface area contributed by atoms with Crippen molar-refractivity contribution in [1.29, 1.82) is 0 Å². The Morgan fingerprint density at radius 2 is 1.27 bits per heavy atom. The number of carbonyl (C=O) groups excluding carboxylic acids is 6. The summed E-state index contributed by atoms with van der Waals surface area (Å²) in [4.78, 5) is 95.5. The number of nitrogens with one attached hydrogen (secondary N) is 5. The van der Waals surface area contributed by atoms with Gasteiger partial charge in [-0.2, -0.15) is 0 Å². The monoisotopic (exact) mass is 873 g/mol. The first-order valence-electron chi connectivity index (χ1n) is 20.2. The van der Waals surface area contributed by atoms with E-state index >= 15 is 0 Å². The third-order valence-electron chi connectivity index (χ3n) is 10.2. The Hall–Kier alpha value is -7.33. The number of thiophene rings is 1. The number of methoxy groups -OCH3 is 1. The predicted molar refractivity (Wildman–Crippen MR) is 233 cm³/mol. The van der Waals surface area contributed by atoms with Crippen molar-refractivity contribution >= 4 is 52.8 Å². The van der Waals surface area contributed by atoms with Crippen LogP contribution in [0.4, 0.5) is 0 Å². The van der Waals surface area contributed by atoms with Gasteiger partial charge in [0.25, 0.3) is 5.91 Å². The zero-order chi connectivity index (χ0) is 44.7. The molecule has 2 aliphatic heterocycles. The number of rotatable bonds is 12. The van der Waals surface area contributed by atoms with Crippen molar-refractivity contribution in [3.8, 4) is 16.9 Å². The topological polar surface area (TPSA) is 218 Å². The summed E-state index contributed by atoms with van der Waals surface area (Å²) < 4.78 is 10.5. The van der Waals surface area contributed by atoms with Gasteiger partial charge < -0.3 is 41.2 Å². The Morgan fingerprint density at radius 1 is 0.698 bits per heavy atom. The lowest BCUT2D eigenvalue weighted by atomic mass is 9.99. The Labute approximate surface area is 367 Å². The minimum absolute atomic E-state index is 0.00734. The number of amides is 5. The maximum atomic E-state index is 14.6. The van der Waals surface area contributed by atoms with Gasteiger partial charge in [-0.3, -0.25) is 28.8 Å². The lowest BCUT2D eigenvalue weighted by molar-refractivity contribution is -0.149. The fourth-order valence-electron chi connectivity index (χ4n) is 6.96. The van der Waals surface area contributed by atoms with Crippen LogP contribution < -0.4 is 31.3 Å². The Balaban J connectivity index is 1.36. The summed E-state index contributed by atoms with van der Waals surface area (Å²) in [6.45, 7) is -0.452. The van der Waals surface area contributed by atoms with Crippen LogP contribution in [0.15, 0.2) is 127 Å². The van der Waals surface area contributed by atoms with Crippen molar-refractivity contribution in [2.24, 2.45) is 0 Å². The quantitative estimate of drug-likeness (QED) is 0.0795. The van der Waals surface area contributed by atoms with Gasteiger partial charge >= 0.3 is 11.9 Å². The number of fused-ring (bicyclic) bond motifs is 16. The molecule has 0 fully saturated rings. The summed E-state index contributed by atoms with van der Waals surface area (Å²) in [6, 6.07) is 29.4. The van der Waals surface area contributed by atoms with E-state index in [0.29, 0.717) is 22.4 Å². The Bertz CT molecular complexity index is 2360. The molecule has 2 bridgehead atoms. The van der Waals surface area contributed by atoms with Crippen molar-refractivity contribution in [2.45, 2.75) is 62.3 Å². The van der Waals surface area contributed by atoms with E-state index in [9.17, 15) is 38.7 Å². The molecule has 5 aromatic rings. The highest BCUT2D eigenvalue weighted by Gasteiger charge is 2.34. The molecule has 0 radical (unpaired) electrons. The molecule has 1 aromatic heterocycles. The zero-order valence-corrected chi connectivity index (χ0v) is 35.1. The van der Waals surface area contributed by atoms with E-state index < -0.39 is 84.7 Å². The van der Waals surface area contributed by atoms with Gasteiger partial charge in [0.15, 0.2) is 6.61 Å². The normalized spacial score (nSPS) is 19.0. The highest BCUT2D eigenvalue weighted by molar-refractivity contribution is 7.09. The number of hydrogen-bond acceptors (Lipinski definition) is 10. The minimum atomic E-state index is -1.58. The fraction of sp³-hybridized carbons (Fsp3) is 0.255. The number of esters is 1. The lowest BCUT2D eigenvalue weighted by Crippen LogP contribution is -2.60. The summed E-state index contributed by atoms with van der Waals surface area (Å²) in [5.74, 6) is -5.74. The fourth-order valence-corrected chi connectivity index (χ4v) is 7.71. The molecule has 5 atom stereocenters.